The number of aromatic nitrogens is 1. The van der Waals surface area contributed by atoms with E-state index in [0.29, 0.717) is 6.42 Å². The van der Waals surface area contributed by atoms with Crippen LogP contribution in [0.5, 0.6) is 0 Å². The molecular weight excluding hydrogens is 281 g/mol. The van der Waals surface area contributed by atoms with E-state index >= 15 is 0 Å². The zero-order chi connectivity index (χ0) is 15.3. The van der Waals surface area contributed by atoms with E-state index < -0.39 is 17.6 Å². The van der Waals surface area contributed by atoms with Crippen LogP contribution >= 0.6 is 0 Å². The van der Waals surface area contributed by atoms with Crippen LogP contribution < -0.4 is 5.32 Å². The molecule has 0 bridgehead atoms. The molecule has 0 atom stereocenters. The molecule has 110 valence electrons. The Balaban J connectivity index is 2.01. The molecule has 2 rings (SSSR count). The summed E-state index contributed by atoms with van der Waals surface area (Å²) in [4.78, 5) is 15.9. The monoisotopic (exact) mass is 294 g/mol. The third-order valence-corrected chi connectivity index (χ3v) is 2.87. The number of hydrogen-bond acceptors (Lipinski definition) is 2. The minimum atomic E-state index is -4.55. The van der Waals surface area contributed by atoms with Gasteiger partial charge in [-0.25, -0.2) is 0 Å². The molecule has 0 radical (unpaired) electrons. The van der Waals surface area contributed by atoms with Gasteiger partial charge in [0.05, 0.1) is 11.1 Å². The van der Waals surface area contributed by atoms with E-state index in [1.54, 1.807) is 18.3 Å². The topological polar surface area (TPSA) is 42.0 Å². The van der Waals surface area contributed by atoms with E-state index in [2.05, 4.69) is 10.3 Å². The van der Waals surface area contributed by atoms with Crippen LogP contribution in [0.3, 0.4) is 0 Å². The van der Waals surface area contributed by atoms with Crippen molar-refractivity contribution in [3.8, 4) is 0 Å². The Morgan fingerprint density at radius 3 is 2.48 bits per heavy atom. The Kier molecular flexibility index (Phi) is 4.57. The van der Waals surface area contributed by atoms with Crippen molar-refractivity contribution < 1.29 is 18.0 Å². The second kappa shape index (κ2) is 6.39. The first-order chi connectivity index (χ1) is 9.98. The fourth-order valence-corrected chi connectivity index (χ4v) is 1.87. The zero-order valence-corrected chi connectivity index (χ0v) is 11.0. The van der Waals surface area contributed by atoms with E-state index in [1.807, 2.05) is 6.07 Å². The number of amides is 1. The maximum absolute atomic E-state index is 12.8. The molecule has 1 amide bonds. The van der Waals surface area contributed by atoms with E-state index in [4.69, 9.17) is 0 Å². The molecule has 21 heavy (non-hydrogen) atoms. The van der Waals surface area contributed by atoms with Crippen LogP contribution in [0.25, 0.3) is 0 Å². The molecule has 0 spiro atoms. The number of nitrogens with one attached hydrogen (secondary N) is 1. The second-order valence-corrected chi connectivity index (χ2v) is 4.37. The van der Waals surface area contributed by atoms with Crippen LogP contribution in [0, 0.1) is 0 Å². The van der Waals surface area contributed by atoms with Crippen molar-refractivity contribution >= 4 is 5.91 Å². The largest absolute Gasteiger partial charge is 0.417 e. The maximum Gasteiger partial charge on any atom is 0.417 e. The summed E-state index contributed by atoms with van der Waals surface area (Å²) in [5, 5.41) is 2.48. The first-order valence-corrected chi connectivity index (χ1v) is 6.33. The van der Waals surface area contributed by atoms with Gasteiger partial charge in [0.1, 0.15) is 0 Å². The molecule has 3 nitrogen and oxygen atoms in total. The van der Waals surface area contributed by atoms with Crippen molar-refractivity contribution in [2.75, 3.05) is 6.54 Å². The van der Waals surface area contributed by atoms with Crippen molar-refractivity contribution in [2.45, 2.75) is 12.6 Å². The van der Waals surface area contributed by atoms with Crippen molar-refractivity contribution in [1.82, 2.24) is 10.3 Å². The maximum atomic E-state index is 12.8. The standard InChI is InChI=1S/C15H13F3N2O/c16-15(17,18)13-7-2-1-6-12(13)14(21)20-10-8-11-5-3-4-9-19-11/h1-7,9H,8,10H2,(H,20,21). The number of rotatable bonds is 4. The summed E-state index contributed by atoms with van der Waals surface area (Å²) in [5.74, 6) is -0.737. The average molecular weight is 294 g/mol. The molecule has 1 heterocycles. The molecule has 6 heteroatoms. The highest BCUT2D eigenvalue weighted by Gasteiger charge is 2.34. The Morgan fingerprint density at radius 2 is 1.81 bits per heavy atom. The zero-order valence-electron chi connectivity index (χ0n) is 11.0. The van der Waals surface area contributed by atoms with E-state index in [1.165, 1.54) is 18.2 Å². The van der Waals surface area contributed by atoms with Gasteiger partial charge in [-0.15, -0.1) is 0 Å². The summed E-state index contributed by atoms with van der Waals surface area (Å²) >= 11 is 0. The normalized spacial score (nSPS) is 11.2. The molecule has 0 aliphatic heterocycles. The lowest BCUT2D eigenvalue weighted by atomic mass is 10.1. The van der Waals surface area contributed by atoms with Gasteiger partial charge < -0.3 is 5.32 Å². The van der Waals surface area contributed by atoms with Gasteiger partial charge in [-0.05, 0) is 24.3 Å². The third-order valence-electron chi connectivity index (χ3n) is 2.87. The van der Waals surface area contributed by atoms with Crippen LogP contribution in [0.4, 0.5) is 13.2 Å². The van der Waals surface area contributed by atoms with Crippen molar-refractivity contribution in [2.24, 2.45) is 0 Å². The average Bonchev–Trinajstić information content (AvgIpc) is 2.47. The number of nitrogens with zero attached hydrogens (tertiary/aromatic N) is 1. The SMILES string of the molecule is O=C(NCCc1ccccn1)c1ccccc1C(F)(F)F. The van der Waals surface area contributed by atoms with Crippen LogP contribution in [-0.2, 0) is 12.6 Å². The summed E-state index contributed by atoms with van der Waals surface area (Å²) < 4.78 is 38.4. The predicted octanol–water partition coefficient (Wildman–Crippen LogP) is 3.07. The highest BCUT2D eigenvalue weighted by atomic mass is 19.4. The molecule has 1 aromatic heterocycles. The molecule has 0 aliphatic carbocycles. The van der Waals surface area contributed by atoms with Gasteiger partial charge in [-0.1, -0.05) is 18.2 Å². The quantitative estimate of drug-likeness (QED) is 0.941. The third kappa shape index (κ3) is 4.05. The highest BCUT2D eigenvalue weighted by molar-refractivity contribution is 5.95. The van der Waals surface area contributed by atoms with Crippen LogP contribution in [0.1, 0.15) is 21.6 Å². The smallest absolute Gasteiger partial charge is 0.352 e. The summed E-state index contributed by atoms with van der Waals surface area (Å²) in [7, 11) is 0. The Labute approximate surface area is 119 Å². The number of carbonyl (C=O) groups is 1. The molecule has 2 aromatic rings. The number of alkyl halides is 3. The molecular formula is C15H13F3N2O. The summed E-state index contributed by atoms with van der Waals surface area (Å²) in [5.41, 5.74) is -0.534. The molecule has 1 aromatic carbocycles. The predicted molar refractivity (Wildman–Crippen MR) is 71.7 cm³/mol. The Hall–Kier alpha value is -2.37. The number of halogens is 3. The Bertz CT molecular complexity index is 612. The molecule has 0 saturated carbocycles. The molecule has 0 saturated heterocycles. The number of carbonyl (C=O) groups excluding carboxylic acids is 1. The van der Waals surface area contributed by atoms with Crippen molar-refractivity contribution in [3.63, 3.8) is 0 Å². The lowest BCUT2D eigenvalue weighted by Gasteiger charge is -2.12. The van der Waals surface area contributed by atoms with Gasteiger partial charge in [0.2, 0.25) is 0 Å². The summed E-state index contributed by atoms with van der Waals surface area (Å²) in [6.45, 7) is 0.224. The first-order valence-electron chi connectivity index (χ1n) is 6.33. The van der Waals surface area contributed by atoms with Crippen molar-refractivity contribution in [3.05, 3.63) is 65.5 Å². The summed E-state index contributed by atoms with van der Waals surface area (Å²) in [6, 6.07) is 10.1. The van der Waals surface area contributed by atoms with Crippen LogP contribution in [0.15, 0.2) is 48.7 Å². The van der Waals surface area contributed by atoms with Gasteiger partial charge in [-0.3, -0.25) is 9.78 Å². The molecule has 0 fully saturated rings. The molecule has 1 N–H and O–H groups in total. The van der Waals surface area contributed by atoms with Gasteiger partial charge in [0, 0.05) is 24.9 Å². The van der Waals surface area contributed by atoms with Crippen LogP contribution in [-0.4, -0.2) is 17.4 Å². The van der Waals surface area contributed by atoms with Crippen LogP contribution in [0.2, 0.25) is 0 Å². The molecule has 0 aliphatic rings. The van der Waals surface area contributed by atoms with E-state index in [-0.39, 0.29) is 12.1 Å². The number of pyridine rings is 1. The van der Waals surface area contributed by atoms with Gasteiger partial charge >= 0.3 is 6.18 Å². The van der Waals surface area contributed by atoms with Crippen molar-refractivity contribution in [1.29, 1.82) is 0 Å². The lowest BCUT2D eigenvalue weighted by molar-refractivity contribution is -0.137. The first kappa shape index (κ1) is 15.0. The highest BCUT2D eigenvalue weighted by Crippen LogP contribution is 2.31. The number of benzene rings is 1. The minimum absolute atomic E-state index is 0.224. The van der Waals surface area contributed by atoms with Gasteiger partial charge in [0.25, 0.3) is 5.91 Å². The fraction of sp³-hybridized carbons (Fsp3) is 0.200. The van der Waals surface area contributed by atoms with Gasteiger partial charge in [0.15, 0.2) is 0 Å². The second-order valence-electron chi connectivity index (χ2n) is 4.37. The molecule has 0 unspecified atom stereocenters. The lowest BCUT2D eigenvalue weighted by Crippen LogP contribution is -2.28. The van der Waals surface area contributed by atoms with E-state index in [0.717, 1.165) is 11.8 Å². The number of hydrogen-bond donors (Lipinski definition) is 1. The summed E-state index contributed by atoms with van der Waals surface area (Å²) in [6.07, 6.45) is -2.47. The van der Waals surface area contributed by atoms with Gasteiger partial charge in [-0.2, -0.15) is 13.2 Å². The van der Waals surface area contributed by atoms with E-state index in [9.17, 15) is 18.0 Å². The minimum Gasteiger partial charge on any atom is -0.352 e. The Morgan fingerprint density at radius 1 is 1.10 bits per heavy atom. The fourth-order valence-electron chi connectivity index (χ4n) is 1.87.